The molecule has 1 aromatic rings. The third kappa shape index (κ3) is 3.95. The Balaban J connectivity index is 1.98. The number of rotatable bonds is 4. The van der Waals surface area contributed by atoms with Gasteiger partial charge in [0.05, 0.1) is 0 Å². The minimum absolute atomic E-state index is 0.0456. The fourth-order valence-electron chi connectivity index (χ4n) is 2.79. The second-order valence-corrected chi connectivity index (χ2v) is 6.64. The minimum Gasteiger partial charge on any atom is -0.352 e. The van der Waals surface area contributed by atoms with Crippen molar-refractivity contribution in [1.82, 2.24) is 10.3 Å². The molecule has 1 N–H and O–H groups in total. The third-order valence-electron chi connectivity index (χ3n) is 4.02. The van der Waals surface area contributed by atoms with Gasteiger partial charge in [0.25, 0.3) is 5.91 Å². The van der Waals surface area contributed by atoms with E-state index in [4.69, 9.17) is 11.6 Å². The van der Waals surface area contributed by atoms with Crippen molar-refractivity contribution in [3.05, 3.63) is 28.5 Å². The number of nitrogens with zero attached hydrogens (tertiary/aromatic N) is 1. The Hall–Kier alpha value is -1.09. The SMILES string of the molecule is CC1CCC(CNC(=O)c2cc(Cl)nc(C(C)C)c2)C1. The Kier molecular flexibility index (Phi) is 5.03. The molecule has 110 valence electrons. The highest BCUT2D eigenvalue weighted by Gasteiger charge is 2.22. The molecule has 2 atom stereocenters. The maximum Gasteiger partial charge on any atom is 0.251 e. The maximum atomic E-state index is 12.2. The molecule has 1 aliphatic carbocycles. The molecular weight excluding hydrogens is 272 g/mol. The summed E-state index contributed by atoms with van der Waals surface area (Å²) in [5, 5.41) is 3.41. The van der Waals surface area contributed by atoms with Crippen LogP contribution in [0.1, 0.15) is 62.0 Å². The molecule has 1 amide bonds. The minimum atomic E-state index is -0.0456. The average Bonchev–Trinajstić information content (AvgIpc) is 2.81. The molecule has 1 aliphatic rings. The van der Waals surface area contributed by atoms with Gasteiger partial charge in [-0.1, -0.05) is 38.8 Å². The van der Waals surface area contributed by atoms with E-state index in [0.29, 0.717) is 16.6 Å². The predicted molar refractivity (Wildman–Crippen MR) is 82.2 cm³/mol. The van der Waals surface area contributed by atoms with E-state index >= 15 is 0 Å². The molecule has 0 aliphatic heterocycles. The highest BCUT2D eigenvalue weighted by Crippen LogP contribution is 2.29. The fourth-order valence-corrected chi connectivity index (χ4v) is 3.01. The van der Waals surface area contributed by atoms with Gasteiger partial charge in [-0.25, -0.2) is 4.98 Å². The smallest absolute Gasteiger partial charge is 0.251 e. The molecule has 1 heterocycles. The van der Waals surface area contributed by atoms with Gasteiger partial charge >= 0.3 is 0 Å². The number of nitrogens with one attached hydrogen (secondary N) is 1. The number of halogens is 1. The van der Waals surface area contributed by atoms with E-state index < -0.39 is 0 Å². The highest BCUT2D eigenvalue weighted by atomic mass is 35.5. The van der Waals surface area contributed by atoms with E-state index in [1.807, 2.05) is 19.9 Å². The molecule has 1 aromatic heterocycles. The van der Waals surface area contributed by atoms with Crippen LogP contribution in [0.5, 0.6) is 0 Å². The molecule has 2 rings (SSSR count). The average molecular weight is 295 g/mol. The topological polar surface area (TPSA) is 42.0 Å². The van der Waals surface area contributed by atoms with E-state index in [1.54, 1.807) is 6.07 Å². The molecule has 0 aromatic carbocycles. The standard InChI is InChI=1S/C16H23ClN2O/c1-10(2)14-7-13(8-15(17)19-14)16(20)18-9-12-5-4-11(3)6-12/h7-8,10-12H,4-6,9H2,1-3H3,(H,18,20). The van der Waals surface area contributed by atoms with Crippen LogP contribution in [0.3, 0.4) is 0 Å². The molecule has 0 bridgehead atoms. The van der Waals surface area contributed by atoms with Crippen LogP contribution in [-0.4, -0.2) is 17.4 Å². The summed E-state index contributed by atoms with van der Waals surface area (Å²) in [6, 6.07) is 3.48. The van der Waals surface area contributed by atoms with E-state index in [0.717, 1.165) is 18.2 Å². The van der Waals surface area contributed by atoms with Crippen LogP contribution in [0.15, 0.2) is 12.1 Å². The van der Waals surface area contributed by atoms with Crippen LogP contribution in [0.4, 0.5) is 0 Å². The molecule has 0 saturated heterocycles. The van der Waals surface area contributed by atoms with Gasteiger partial charge < -0.3 is 5.32 Å². The lowest BCUT2D eigenvalue weighted by Gasteiger charge is -2.12. The predicted octanol–water partition coefficient (Wildman–Crippen LogP) is 4.02. The van der Waals surface area contributed by atoms with Gasteiger partial charge in [-0.15, -0.1) is 0 Å². The molecule has 1 saturated carbocycles. The quantitative estimate of drug-likeness (QED) is 0.852. The van der Waals surface area contributed by atoms with Crippen molar-refractivity contribution in [3.63, 3.8) is 0 Å². The largest absolute Gasteiger partial charge is 0.352 e. The van der Waals surface area contributed by atoms with E-state index in [1.165, 1.54) is 19.3 Å². The van der Waals surface area contributed by atoms with Crippen molar-refractivity contribution in [2.24, 2.45) is 11.8 Å². The number of hydrogen-bond acceptors (Lipinski definition) is 2. The lowest BCUT2D eigenvalue weighted by atomic mass is 10.1. The first-order chi connectivity index (χ1) is 9.45. The Bertz CT molecular complexity index is 487. The number of carbonyl (C=O) groups is 1. The lowest BCUT2D eigenvalue weighted by molar-refractivity contribution is 0.0947. The van der Waals surface area contributed by atoms with Gasteiger partial charge in [-0.05, 0) is 42.7 Å². The van der Waals surface area contributed by atoms with E-state index in [2.05, 4.69) is 17.2 Å². The van der Waals surface area contributed by atoms with Crippen molar-refractivity contribution < 1.29 is 4.79 Å². The van der Waals surface area contributed by atoms with Gasteiger partial charge in [0.15, 0.2) is 0 Å². The molecule has 1 fully saturated rings. The van der Waals surface area contributed by atoms with Crippen LogP contribution >= 0.6 is 11.6 Å². The van der Waals surface area contributed by atoms with Crippen LogP contribution in [-0.2, 0) is 0 Å². The van der Waals surface area contributed by atoms with Crippen LogP contribution in [0, 0.1) is 11.8 Å². The zero-order chi connectivity index (χ0) is 14.7. The van der Waals surface area contributed by atoms with Crippen LogP contribution in [0.25, 0.3) is 0 Å². The van der Waals surface area contributed by atoms with Gasteiger partial charge in [-0.3, -0.25) is 4.79 Å². The number of carbonyl (C=O) groups excluding carboxylic acids is 1. The molecular formula is C16H23ClN2O. The van der Waals surface area contributed by atoms with Gasteiger partial charge in [0.2, 0.25) is 0 Å². The van der Waals surface area contributed by atoms with Gasteiger partial charge in [0, 0.05) is 17.8 Å². The second kappa shape index (κ2) is 6.57. The van der Waals surface area contributed by atoms with Crippen molar-refractivity contribution in [2.45, 2.75) is 46.0 Å². The molecule has 4 heteroatoms. The maximum absolute atomic E-state index is 12.2. The first kappa shape index (κ1) is 15.3. The van der Waals surface area contributed by atoms with Gasteiger partial charge in [0.1, 0.15) is 5.15 Å². The normalized spacial score (nSPS) is 22.2. The third-order valence-corrected chi connectivity index (χ3v) is 4.22. The lowest BCUT2D eigenvalue weighted by Crippen LogP contribution is -2.28. The van der Waals surface area contributed by atoms with Crippen LogP contribution < -0.4 is 5.32 Å². The van der Waals surface area contributed by atoms with E-state index in [-0.39, 0.29) is 11.8 Å². The summed E-state index contributed by atoms with van der Waals surface area (Å²) in [6.45, 7) is 7.13. The summed E-state index contributed by atoms with van der Waals surface area (Å²) in [7, 11) is 0. The van der Waals surface area contributed by atoms with Gasteiger partial charge in [-0.2, -0.15) is 0 Å². The number of aromatic nitrogens is 1. The number of hydrogen-bond donors (Lipinski definition) is 1. The van der Waals surface area contributed by atoms with E-state index in [9.17, 15) is 4.79 Å². The van der Waals surface area contributed by atoms with Crippen molar-refractivity contribution in [2.75, 3.05) is 6.54 Å². The Morgan fingerprint density at radius 3 is 2.80 bits per heavy atom. The number of amides is 1. The first-order valence-corrected chi connectivity index (χ1v) is 7.79. The Morgan fingerprint density at radius 1 is 1.45 bits per heavy atom. The van der Waals surface area contributed by atoms with Crippen molar-refractivity contribution >= 4 is 17.5 Å². The molecule has 0 radical (unpaired) electrons. The Labute approximate surface area is 126 Å². The summed E-state index contributed by atoms with van der Waals surface area (Å²) < 4.78 is 0. The molecule has 3 nitrogen and oxygen atoms in total. The van der Waals surface area contributed by atoms with Crippen molar-refractivity contribution in [3.8, 4) is 0 Å². The molecule has 0 spiro atoms. The highest BCUT2D eigenvalue weighted by molar-refractivity contribution is 6.29. The fraction of sp³-hybridized carbons (Fsp3) is 0.625. The monoisotopic (exact) mass is 294 g/mol. The zero-order valence-electron chi connectivity index (χ0n) is 12.4. The summed E-state index contributed by atoms with van der Waals surface area (Å²) in [4.78, 5) is 16.5. The molecule has 2 unspecified atom stereocenters. The second-order valence-electron chi connectivity index (χ2n) is 6.25. The van der Waals surface area contributed by atoms with Crippen LogP contribution in [0.2, 0.25) is 5.15 Å². The Morgan fingerprint density at radius 2 is 2.20 bits per heavy atom. The summed E-state index contributed by atoms with van der Waals surface area (Å²) in [5.41, 5.74) is 1.47. The summed E-state index contributed by atoms with van der Waals surface area (Å²) in [6.07, 6.45) is 3.71. The first-order valence-electron chi connectivity index (χ1n) is 7.41. The van der Waals surface area contributed by atoms with Crippen molar-refractivity contribution in [1.29, 1.82) is 0 Å². The summed E-state index contributed by atoms with van der Waals surface area (Å²) in [5.74, 6) is 1.63. The zero-order valence-corrected chi connectivity index (χ0v) is 13.2. The number of pyridine rings is 1. The summed E-state index contributed by atoms with van der Waals surface area (Å²) >= 11 is 5.99. The molecule has 20 heavy (non-hydrogen) atoms.